The molecule has 0 unspecified atom stereocenters. The molecule has 0 aromatic heterocycles. The zero-order chi connectivity index (χ0) is 18.1. The molecular weight excluding hydrogens is 336 g/mol. The largest absolute Gasteiger partial charge is 0.460 e. The van der Waals surface area contributed by atoms with Crippen LogP contribution in [-0.2, 0) is 20.9 Å². The molecule has 0 heterocycles. The number of hydrogen-bond acceptors (Lipinski definition) is 5. The lowest BCUT2D eigenvalue weighted by Crippen LogP contribution is -2.16. The zero-order valence-corrected chi connectivity index (χ0v) is 14.6. The molecule has 1 amide bonds. The topological polar surface area (TPSA) is 79.2 Å². The summed E-state index contributed by atoms with van der Waals surface area (Å²) >= 11 is 1.20. The van der Waals surface area contributed by atoms with Gasteiger partial charge in [-0.05, 0) is 36.8 Å². The average Bonchev–Trinajstić information content (AvgIpc) is 2.62. The molecule has 0 radical (unpaired) electrons. The number of nitrogens with one attached hydrogen (secondary N) is 1. The number of ether oxygens (including phenoxy) is 1. The van der Waals surface area contributed by atoms with Gasteiger partial charge in [0.1, 0.15) is 6.61 Å². The molecule has 0 fully saturated rings. The van der Waals surface area contributed by atoms with Crippen LogP contribution in [0.4, 0.5) is 5.69 Å². The first-order valence-electron chi connectivity index (χ1n) is 7.66. The number of carbonyl (C=O) groups is 2. The van der Waals surface area contributed by atoms with Gasteiger partial charge in [0.05, 0.1) is 23.1 Å². The van der Waals surface area contributed by atoms with Crippen LogP contribution >= 0.6 is 11.8 Å². The van der Waals surface area contributed by atoms with Crippen molar-refractivity contribution in [3.05, 3.63) is 65.2 Å². The van der Waals surface area contributed by atoms with Crippen LogP contribution in [0, 0.1) is 18.3 Å². The Morgan fingerprint density at radius 2 is 1.76 bits per heavy atom. The van der Waals surface area contributed by atoms with E-state index in [4.69, 9.17) is 10.00 Å². The van der Waals surface area contributed by atoms with Gasteiger partial charge in [-0.2, -0.15) is 5.26 Å². The first-order valence-corrected chi connectivity index (χ1v) is 8.81. The molecule has 0 saturated carbocycles. The molecule has 0 aliphatic rings. The number of anilines is 1. The maximum Gasteiger partial charge on any atom is 0.316 e. The summed E-state index contributed by atoms with van der Waals surface area (Å²) in [7, 11) is 0. The molecule has 6 heteroatoms. The second-order valence-electron chi connectivity index (χ2n) is 5.38. The van der Waals surface area contributed by atoms with Crippen molar-refractivity contribution in [3.8, 4) is 6.07 Å². The van der Waals surface area contributed by atoms with Crippen LogP contribution < -0.4 is 5.32 Å². The van der Waals surface area contributed by atoms with Crippen LogP contribution in [0.2, 0.25) is 0 Å². The standard InChI is InChI=1S/C19H18N2O3S/c1-14-2-8-17(9-3-14)21-18(22)12-25-13-19(23)24-11-16-6-4-15(10-20)5-7-16/h2-9H,11-13H2,1H3,(H,21,22). The Morgan fingerprint density at radius 1 is 1.08 bits per heavy atom. The smallest absolute Gasteiger partial charge is 0.316 e. The van der Waals surface area contributed by atoms with E-state index >= 15 is 0 Å². The summed E-state index contributed by atoms with van der Waals surface area (Å²) in [5.41, 5.74) is 3.23. The molecule has 25 heavy (non-hydrogen) atoms. The summed E-state index contributed by atoms with van der Waals surface area (Å²) in [4.78, 5) is 23.5. The Balaban J connectivity index is 1.65. The van der Waals surface area contributed by atoms with Crippen molar-refractivity contribution in [2.24, 2.45) is 0 Å². The highest BCUT2D eigenvalue weighted by Gasteiger charge is 2.07. The number of esters is 1. The van der Waals surface area contributed by atoms with Gasteiger partial charge in [0, 0.05) is 5.69 Å². The van der Waals surface area contributed by atoms with Gasteiger partial charge in [0.2, 0.25) is 5.91 Å². The van der Waals surface area contributed by atoms with Crippen molar-refractivity contribution >= 4 is 29.3 Å². The number of hydrogen-bond donors (Lipinski definition) is 1. The van der Waals surface area contributed by atoms with Crippen LogP contribution in [0.5, 0.6) is 0 Å². The van der Waals surface area contributed by atoms with Gasteiger partial charge in [0.15, 0.2) is 0 Å². The lowest BCUT2D eigenvalue weighted by molar-refractivity contribution is -0.141. The molecule has 2 aromatic rings. The van der Waals surface area contributed by atoms with Crippen LogP contribution in [0.3, 0.4) is 0 Å². The zero-order valence-electron chi connectivity index (χ0n) is 13.8. The third-order valence-electron chi connectivity index (χ3n) is 3.27. The van der Waals surface area contributed by atoms with Crippen molar-refractivity contribution in [2.75, 3.05) is 16.8 Å². The summed E-state index contributed by atoms with van der Waals surface area (Å²) in [6.07, 6.45) is 0. The summed E-state index contributed by atoms with van der Waals surface area (Å²) in [5.74, 6) is -0.247. The Bertz CT molecular complexity index is 765. The molecular formula is C19H18N2O3S. The van der Waals surface area contributed by atoms with Crippen molar-refractivity contribution < 1.29 is 14.3 Å². The molecule has 0 bridgehead atoms. The number of aryl methyl sites for hydroxylation is 1. The fraction of sp³-hybridized carbons (Fsp3) is 0.211. The predicted octanol–water partition coefficient (Wildman–Crippen LogP) is 3.28. The molecule has 2 rings (SSSR count). The van der Waals surface area contributed by atoms with Gasteiger partial charge in [-0.15, -0.1) is 11.8 Å². The number of amides is 1. The lowest BCUT2D eigenvalue weighted by Gasteiger charge is -2.06. The van der Waals surface area contributed by atoms with Gasteiger partial charge in [0.25, 0.3) is 0 Å². The molecule has 5 nitrogen and oxygen atoms in total. The van der Waals surface area contributed by atoms with Crippen molar-refractivity contribution in [1.29, 1.82) is 5.26 Å². The van der Waals surface area contributed by atoms with Gasteiger partial charge >= 0.3 is 5.97 Å². The summed E-state index contributed by atoms with van der Waals surface area (Å²) in [6.45, 7) is 2.13. The first-order chi connectivity index (χ1) is 12.1. The van der Waals surface area contributed by atoms with Gasteiger partial charge < -0.3 is 10.1 Å². The molecule has 0 aliphatic carbocycles. The Morgan fingerprint density at radius 3 is 2.40 bits per heavy atom. The van der Waals surface area contributed by atoms with E-state index in [1.165, 1.54) is 11.8 Å². The minimum atomic E-state index is -0.377. The van der Waals surface area contributed by atoms with E-state index < -0.39 is 0 Å². The number of nitriles is 1. The maximum absolute atomic E-state index is 11.8. The van der Waals surface area contributed by atoms with Crippen LogP contribution in [-0.4, -0.2) is 23.4 Å². The molecule has 128 valence electrons. The highest BCUT2D eigenvalue weighted by Crippen LogP contribution is 2.10. The maximum atomic E-state index is 11.8. The van der Waals surface area contributed by atoms with Crippen LogP contribution in [0.25, 0.3) is 0 Å². The predicted molar refractivity (Wildman–Crippen MR) is 98.1 cm³/mol. The number of carbonyl (C=O) groups excluding carboxylic acids is 2. The SMILES string of the molecule is Cc1ccc(NC(=O)CSCC(=O)OCc2ccc(C#N)cc2)cc1. The van der Waals surface area contributed by atoms with E-state index in [1.807, 2.05) is 37.3 Å². The second kappa shape index (κ2) is 9.50. The first kappa shape index (κ1) is 18.6. The summed E-state index contributed by atoms with van der Waals surface area (Å²) in [6, 6.07) is 16.4. The van der Waals surface area contributed by atoms with Crippen molar-refractivity contribution in [3.63, 3.8) is 0 Å². The fourth-order valence-corrected chi connectivity index (χ4v) is 2.55. The van der Waals surface area contributed by atoms with E-state index in [0.29, 0.717) is 5.56 Å². The molecule has 0 spiro atoms. The van der Waals surface area contributed by atoms with E-state index in [0.717, 1.165) is 16.8 Å². The van der Waals surface area contributed by atoms with Crippen molar-refractivity contribution in [2.45, 2.75) is 13.5 Å². The second-order valence-corrected chi connectivity index (χ2v) is 6.36. The van der Waals surface area contributed by atoms with Gasteiger partial charge in [-0.3, -0.25) is 9.59 Å². The van der Waals surface area contributed by atoms with E-state index in [1.54, 1.807) is 24.3 Å². The number of benzene rings is 2. The lowest BCUT2D eigenvalue weighted by atomic mass is 10.2. The van der Waals surface area contributed by atoms with Crippen molar-refractivity contribution in [1.82, 2.24) is 0 Å². The number of thioether (sulfide) groups is 1. The molecule has 0 saturated heterocycles. The minimum absolute atomic E-state index is 0.109. The highest BCUT2D eigenvalue weighted by atomic mass is 32.2. The van der Waals surface area contributed by atoms with Gasteiger partial charge in [-0.1, -0.05) is 29.8 Å². The monoisotopic (exact) mass is 354 g/mol. The Kier molecular flexibility index (Phi) is 7.05. The Labute approximate surface area is 151 Å². The minimum Gasteiger partial charge on any atom is -0.460 e. The Hall–Kier alpha value is -2.78. The third-order valence-corrected chi connectivity index (χ3v) is 4.18. The quantitative estimate of drug-likeness (QED) is 0.772. The number of nitrogens with zero attached hydrogens (tertiary/aromatic N) is 1. The average molecular weight is 354 g/mol. The molecule has 0 atom stereocenters. The van der Waals surface area contributed by atoms with E-state index in [-0.39, 0.29) is 30.0 Å². The highest BCUT2D eigenvalue weighted by molar-refractivity contribution is 8.00. The molecule has 1 N–H and O–H groups in total. The van der Waals surface area contributed by atoms with E-state index in [2.05, 4.69) is 5.32 Å². The molecule has 2 aromatic carbocycles. The fourth-order valence-electron chi connectivity index (χ4n) is 1.94. The molecule has 0 aliphatic heterocycles. The normalized spacial score (nSPS) is 9.92. The van der Waals surface area contributed by atoms with Crippen LogP contribution in [0.1, 0.15) is 16.7 Å². The summed E-state index contributed by atoms with van der Waals surface area (Å²) < 4.78 is 5.14. The summed E-state index contributed by atoms with van der Waals surface area (Å²) in [5, 5.41) is 11.5. The van der Waals surface area contributed by atoms with Gasteiger partial charge in [-0.25, -0.2) is 0 Å². The van der Waals surface area contributed by atoms with Crippen LogP contribution in [0.15, 0.2) is 48.5 Å². The number of rotatable bonds is 7. The third kappa shape index (κ3) is 6.69. The van der Waals surface area contributed by atoms with E-state index in [9.17, 15) is 9.59 Å².